The quantitative estimate of drug-likeness (QED) is 0.186. The lowest BCUT2D eigenvalue weighted by Gasteiger charge is -2.21. The molecule has 0 N–H and O–H groups in total. The molecule has 4 nitrogen and oxygen atoms in total. The van der Waals surface area contributed by atoms with Gasteiger partial charge < -0.3 is 9.13 Å². The van der Waals surface area contributed by atoms with E-state index in [9.17, 15) is 0 Å². The van der Waals surface area contributed by atoms with Crippen LogP contribution in [0.4, 0.5) is 0 Å². The first-order valence-electron chi connectivity index (χ1n) is 18.3. The standard InChI is InChI=1S/C49H34N4/c1-49(2)37-25-13-9-21-33(37)45-46(31-17-5-3-6-18-31)50-48(51-47(45)49)36-24-12-16-28-40(36)53-39-27-15-11-23-35(39)44-42(53)30-29-41-43(44)34-22-10-14-26-38(34)52(41)32-19-7-4-8-20-32/h3-30H,1-2H3. The van der Waals surface area contributed by atoms with Crippen molar-refractivity contribution in [2.45, 2.75) is 19.3 Å². The minimum Gasteiger partial charge on any atom is -0.309 e. The van der Waals surface area contributed by atoms with Crippen molar-refractivity contribution in [1.29, 1.82) is 0 Å². The molecular weight excluding hydrogens is 645 g/mol. The fourth-order valence-corrected chi connectivity index (χ4v) is 8.96. The van der Waals surface area contributed by atoms with Gasteiger partial charge in [-0.15, -0.1) is 0 Å². The third kappa shape index (κ3) is 4.18. The van der Waals surface area contributed by atoms with Crippen LogP contribution in [-0.2, 0) is 5.41 Å². The molecule has 0 atom stereocenters. The fraction of sp³-hybridized carbons (Fsp3) is 0.0612. The van der Waals surface area contributed by atoms with Gasteiger partial charge in [0.15, 0.2) is 5.82 Å². The first-order chi connectivity index (χ1) is 26.1. The van der Waals surface area contributed by atoms with Crippen LogP contribution in [0.1, 0.15) is 25.1 Å². The number of hydrogen-bond donors (Lipinski definition) is 0. The van der Waals surface area contributed by atoms with E-state index in [0.717, 1.165) is 56.3 Å². The Morgan fingerprint density at radius 1 is 0.453 bits per heavy atom. The monoisotopic (exact) mass is 678 g/mol. The Balaban J connectivity index is 1.22. The van der Waals surface area contributed by atoms with Crippen molar-refractivity contribution in [2.24, 2.45) is 0 Å². The maximum Gasteiger partial charge on any atom is 0.162 e. The molecule has 11 rings (SSSR count). The van der Waals surface area contributed by atoms with Crippen molar-refractivity contribution in [2.75, 3.05) is 0 Å². The minimum absolute atomic E-state index is 0.284. The van der Waals surface area contributed by atoms with Gasteiger partial charge in [-0.2, -0.15) is 0 Å². The average Bonchev–Trinajstić information content (AvgIpc) is 3.81. The summed E-state index contributed by atoms with van der Waals surface area (Å²) in [6.45, 7) is 4.58. The molecule has 1 aliphatic rings. The lowest BCUT2D eigenvalue weighted by Crippen LogP contribution is -2.17. The van der Waals surface area contributed by atoms with E-state index in [2.05, 4.69) is 193 Å². The van der Waals surface area contributed by atoms with Crippen LogP contribution in [0.5, 0.6) is 0 Å². The molecule has 0 fully saturated rings. The van der Waals surface area contributed by atoms with Crippen LogP contribution < -0.4 is 0 Å². The number of rotatable bonds is 4. The molecule has 0 amide bonds. The first kappa shape index (κ1) is 29.9. The third-order valence-electron chi connectivity index (χ3n) is 11.3. The van der Waals surface area contributed by atoms with Gasteiger partial charge in [-0.05, 0) is 59.7 Å². The van der Waals surface area contributed by atoms with Crippen LogP contribution in [0.3, 0.4) is 0 Å². The van der Waals surface area contributed by atoms with E-state index in [-0.39, 0.29) is 5.41 Å². The molecule has 3 aromatic heterocycles. The minimum atomic E-state index is -0.284. The molecule has 3 heterocycles. The zero-order chi connectivity index (χ0) is 35.3. The second-order valence-corrected chi connectivity index (χ2v) is 14.6. The predicted octanol–water partition coefficient (Wildman–Crippen LogP) is 12.3. The number of hydrogen-bond acceptors (Lipinski definition) is 2. The van der Waals surface area contributed by atoms with Crippen molar-refractivity contribution >= 4 is 43.6 Å². The van der Waals surface area contributed by atoms with E-state index in [0.29, 0.717) is 0 Å². The summed E-state index contributed by atoms with van der Waals surface area (Å²) in [5.41, 5.74) is 14.4. The Hall–Kier alpha value is -6.78. The molecule has 4 heteroatoms. The van der Waals surface area contributed by atoms with Gasteiger partial charge in [0.25, 0.3) is 0 Å². The Morgan fingerprint density at radius 3 is 1.72 bits per heavy atom. The normalized spacial score (nSPS) is 13.2. The second-order valence-electron chi connectivity index (χ2n) is 14.6. The first-order valence-corrected chi connectivity index (χ1v) is 18.3. The molecule has 0 aliphatic heterocycles. The number of aromatic nitrogens is 4. The summed E-state index contributed by atoms with van der Waals surface area (Å²) in [6, 6.07) is 60.8. The highest BCUT2D eigenvalue weighted by atomic mass is 15.0. The molecule has 0 saturated carbocycles. The number of fused-ring (bicyclic) bond motifs is 10. The summed E-state index contributed by atoms with van der Waals surface area (Å²) < 4.78 is 4.82. The highest BCUT2D eigenvalue weighted by Gasteiger charge is 2.39. The molecule has 250 valence electrons. The van der Waals surface area contributed by atoms with Crippen LogP contribution in [0.2, 0.25) is 0 Å². The maximum atomic E-state index is 5.51. The van der Waals surface area contributed by atoms with E-state index in [1.54, 1.807) is 0 Å². The molecule has 53 heavy (non-hydrogen) atoms. The van der Waals surface area contributed by atoms with Gasteiger partial charge in [0.2, 0.25) is 0 Å². The topological polar surface area (TPSA) is 35.6 Å². The Kier molecular flexibility index (Phi) is 6.27. The Morgan fingerprint density at radius 2 is 1.00 bits per heavy atom. The third-order valence-corrected chi connectivity index (χ3v) is 11.3. The van der Waals surface area contributed by atoms with Crippen LogP contribution in [0.15, 0.2) is 170 Å². The van der Waals surface area contributed by atoms with Crippen LogP contribution in [0, 0.1) is 0 Å². The van der Waals surface area contributed by atoms with Crippen LogP contribution in [-0.4, -0.2) is 19.1 Å². The Labute approximate surface area is 307 Å². The van der Waals surface area contributed by atoms with Crippen LogP contribution >= 0.6 is 0 Å². The number of nitrogens with zero attached hydrogens (tertiary/aromatic N) is 4. The van der Waals surface area contributed by atoms with Crippen molar-refractivity contribution in [3.8, 4) is 45.1 Å². The van der Waals surface area contributed by atoms with E-state index in [1.807, 2.05) is 0 Å². The molecule has 1 aliphatic carbocycles. The molecular formula is C49H34N4. The predicted molar refractivity (Wildman–Crippen MR) is 219 cm³/mol. The Bertz CT molecular complexity index is 3080. The van der Waals surface area contributed by atoms with Crippen molar-refractivity contribution < 1.29 is 0 Å². The summed E-state index contributed by atoms with van der Waals surface area (Å²) in [7, 11) is 0. The van der Waals surface area contributed by atoms with Crippen molar-refractivity contribution in [1.82, 2.24) is 19.1 Å². The summed E-state index contributed by atoms with van der Waals surface area (Å²) in [5.74, 6) is 0.728. The lowest BCUT2D eigenvalue weighted by molar-refractivity contribution is 0.636. The second kappa shape index (κ2) is 11.1. The summed E-state index contributed by atoms with van der Waals surface area (Å²) in [5, 5.41) is 4.96. The smallest absolute Gasteiger partial charge is 0.162 e. The highest BCUT2D eigenvalue weighted by Crippen LogP contribution is 2.51. The van der Waals surface area contributed by atoms with E-state index in [1.165, 1.54) is 43.7 Å². The summed E-state index contributed by atoms with van der Waals surface area (Å²) in [6.07, 6.45) is 0. The van der Waals surface area contributed by atoms with Gasteiger partial charge in [0.1, 0.15) is 0 Å². The van der Waals surface area contributed by atoms with Gasteiger partial charge in [-0.25, -0.2) is 9.97 Å². The number of para-hydroxylation sites is 4. The van der Waals surface area contributed by atoms with Crippen LogP contribution in [0.25, 0.3) is 88.8 Å². The maximum absolute atomic E-state index is 5.51. The molecule has 0 saturated heterocycles. The van der Waals surface area contributed by atoms with E-state index >= 15 is 0 Å². The van der Waals surface area contributed by atoms with Gasteiger partial charge in [0, 0.05) is 49.3 Å². The molecule has 0 spiro atoms. The molecule has 7 aromatic carbocycles. The fourth-order valence-electron chi connectivity index (χ4n) is 8.96. The number of benzene rings is 7. The summed E-state index contributed by atoms with van der Waals surface area (Å²) >= 11 is 0. The van der Waals surface area contributed by atoms with Crippen molar-refractivity contribution in [3.05, 3.63) is 181 Å². The van der Waals surface area contributed by atoms with Crippen molar-refractivity contribution in [3.63, 3.8) is 0 Å². The lowest BCUT2D eigenvalue weighted by atomic mass is 9.85. The van der Waals surface area contributed by atoms with Gasteiger partial charge in [-0.1, -0.05) is 135 Å². The van der Waals surface area contributed by atoms with Gasteiger partial charge in [0.05, 0.1) is 39.1 Å². The zero-order valence-electron chi connectivity index (χ0n) is 29.5. The molecule has 0 unspecified atom stereocenters. The zero-order valence-corrected chi connectivity index (χ0v) is 29.5. The van der Waals surface area contributed by atoms with E-state index in [4.69, 9.17) is 9.97 Å². The SMILES string of the molecule is CC1(C)c2ccccc2-c2c(-c3ccccc3)nc(-c3ccccc3-n3c4ccccc4c4c5c6ccccc6n(-c6ccccc6)c5ccc43)nc21. The molecule has 10 aromatic rings. The average molecular weight is 679 g/mol. The largest absolute Gasteiger partial charge is 0.309 e. The summed E-state index contributed by atoms with van der Waals surface area (Å²) in [4.78, 5) is 11.0. The molecule has 0 radical (unpaired) electrons. The van der Waals surface area contributed by atoms with E-state index < -0.39 is 0 Å². The van der Waals surface area contributed by atoms with Gasteiger partial charge >= 0.3 is 0 Å². The highest BCUT2D eigenvalue weighted by molar-refractivity contribution is 6.29. The molecule has 0 bridgehead atoms. The van der Waals surface area contributed by atoms with Gasteiger partial charge in [-0.3, -0.25) is 0 Å².